The minimum absolute atomic E-state index is 0.163. The Morgan fingerprint density at radius 3 is 2.69 bits per heavy atom. The van der Waals surface area contributed by atoms with E-state index in [0.29, 0.717) is 5.56 Å². The number of benzene rings is 1. The zero-order chi connectivity index (χ0) is 24.7. The Hall–Kier alpha value is -2.21. The first-order chi connectivity index (χ1) is 17.0. The number of aliphatic carboxylic acids is 1. The van der Waals surface area contributed by atoms with Crippen molar-refractivity contribution < 1.29 is 19.0 Å². The lowest BCUT2D eigenvalue weighted by Gasteiger charge is -2.42. The zero-order valence-electron chi connectivity index (χ0n) is 21.2. The number of aryl methyl sites for hydroxylation is 1. The average Bonchev–Trinajstić information content (AvgIpc) is 2.88. The molecule has 2 aliphatic rings. The highest BCUT2D eigenvalue weighted by Crippen LogP contribution is 2.41. The molecule has 1 aliphatic carbocycles. The maximum atomic E-state index is 13.8. The van der Waals surface area contributed by atoms with Crippen LogP contribution in [-0.4, -0.2) is 47.7 Å². The predicted molar refractivity (Wildman–Crippen MR) is 138 cm³/mol. The molecule has 35 heavy (non-hydrogen) atoms. The molecule has 1 aromatic heterocycles. The number of halogens is 1. The summed E-state index contributed by atoms with van der Waals surface area (Å²) in [7, 11) is 1.63. The van der Waals surface area contributed by atoms with Crippen LogP contribution in [-0.2, 0) is 17.9 Å². The predicted octanol–water partition coefficient (Wildman–Crippen LogP) is 6.56. The van der Waals surface area contributed by atoms with Crippen LogP contribution in [0.1, 0.15) is 81.8 Å². The number of likely N-dealkylation sites (tertiary alicyclic amines) is 1. The number of carboxylic acids is 1. The molecule has 1 aromatic carbocycles. The van der Waals surface area contributed by atoms with Gasteiger partial charge >= 0.3 is 5.97 Å². The standard InChI is InChI=1S/C29H41FN2O3/c1-35-24-9-10-27-26(18-24)25(23(20-30)21-31-27)8-5-12-29(19-28(33)34)13-16-32(17-14-29)15-11-22-6-3-2-4-7-22/h9-10,18,21-22H,2-8,11-17,19-20H2,1H3,(H,33,34). The molecule has 0 unspecified atom stereocenters. The van der Waals surface area contributed by atoms with Gasteiger partial charge in [0.1, 0.15) is 12.4 Å². The van der Waals surface area contributed by atoms with Crippen LogP contribution in [0.5, 0.6) is 5.75 Å². The number of rotatable bonds is 11. The highest BCUT2D eigenvalue weighted by Gasteiger charge is 2.36. The fourth-order valence-electron chi connectivity index (χ4n) is 6.37. The maximum absolute atomic E-state index is 13.8. The van der Waals surface area contributed by atoms with E-state index in [1.54, 1.807) is 13.3 Å². The van der Waals surface area contributed by atoms with Crippen molar-refractivity contribution in [3.8, 4) is 5.75 Å². The summed E-state index contributed by atoms with van der Waals surface area (Å²) in [6.07, 6.45) is 14.4. The number of hydrogen-bond donors (Lipinski definition) is 1. The maximum Gasteiger partial charge on any atom is 0.303 e. The van der Waals surface area contributed by atoms with Gasteiger partial charge in [0, 0.05) is 17.1 Å². The first-order valence-corrected chi connectivity index (χ1v) is 13.5. The normalized spacial score (nSPS) is 19.1. The van der Waals surface area contributed by atoms with E-state index >= 15 is 0 Å². The molecule has 6 heteroatoms. The summed E-state index contributed by atoms with van der Waals surface area (Å²) in [5, 5.41) is 10.6. The lowest BCUT2D eigenvalue weighted by Crippen LogP contribution is -2.42. The highest BCUT2D eigenvalue weighted by molar-refractivity contribution is 5.84. The summed E-state index contributed by atoms with van der Waals surface area (Å²) < 4.78 is 19.2. The molecular formula is C29H41FN2O3. The zero-order valence-corrected chi connectivity index (χ0v) is 21.2. The molecule has 2 fully saturated rings. The van der Waals surface area contributed by atoms with Crippen molar-refractivity contribution in [2.24, 2.45) is 11.3 Å². The van der Waals surface area contributed by atoms with E-state index < -0.39 is 12.6 Å². The van der Waals surface area contributed by atoms with Crippen molar-refractivity contribution in [1.29, 1.82) is 0 Å². The van der Waals surface area contributed by atoms with Crippen molar-refractivity contribution in [3.05, 3.63) is 35.5 Å². The van der Waals surface area contributed by atoms with Crippen molar-refractivity contribution in [2.75, 3.05) is 26.7 Å². The van der Waals surface area contributed by atoms with Crippen LogP contribution in [0.3, 0.4) is 0 Å². The number of aromatic nitrogens is 1. The summed E-state index contributed by atoms with van der Waals surface area (Å²) >= 11 is 0. The van der Waals surface area contributed by atoms with E-state index in [0.717, 1.165) is 79.9 Å². The van der Waals surface area contributed by atoms with Crippen molar-refractivity contribution in [3.63, 3.8) is 0 Å². The third-order valence-electron chi connectivity index (χ3n) is 8.58. The quantitative estimate of drug-likeness (QED) is 0.391. The number of pyridine rings is 1. The van der Waals surface area contributed by atoms with Gasteiger partial charge in [-0.2, -0.15) is 0 Å². The molecule has 0 atom stereocenters. The number of nitrogens with zero attached hydrogens (tertiary/aromatic N) is 2. The third kappa shape index (κ3) is 6.72. The number of ether oxygens (including phenoxy) is 1. The second-order valence-electron chi connectivity index (χ2n) is 10.8. The van der Waals surface area contributed by atoms with E-state index in [1.807, 2.05) is 18.2 Å². The van der Waals surface area contributed by atoms with Gasteiger partial charge in [-0.3, -0.25) is 9.78 Å². The van der Waals surface area contributed by atoms with Crippen LogP contribution in [0.25, 0.3) is 10.9 Å². The van der Waals surface area contributed by atoms with Gasteiger partial charge in [-0.25, -0.2) is 4.39 Å². The lowest BCUT2D eigenvalue weighted by molar-refractivity contribution is -0.140. The topological polar surface area (TPSA) is 62.7 Å². The van der Waals surface area contributed by atoms with Gasteiger partial charge in [0.25, 0.3) is 0 Å². The Balaban J connectivity index is 1.38. The summed E-state index contributed by atoms with van der Waals surface area (Å²) in [5.41, 5.74) is 2.27. The lowest BCUT2D eigenvalue weighted by atomic mass is 9.71. The molecule has 0 radical (unpaired) electrons. The van der Waals surface area contributed by atoms with E-state index in [9.17, 15) is 14.3 Å². The third-order valence-corrected chi connectivity index (χ3v) is 8.58. The fourth-order valence-corrected chi connectivity index (χ4v) is 6.37. The number of carboxylic acid groups (broad SMARTS) is 1. The molecule has 5 nitrogen and oxygen atoms in total. The molecule has 192 valence electrons. The molecule has 2 aromatic rings. The van der Waals surface area contributed by atoms with Crippen molar-refractivity contribution in [1.82, 2.24) is 9.88 Å². The Morgan fingerprint density at radius 2 is 2.00 bits per heavy atom. The minimum atomic E-state index is -0.704. The monoisotopic (exact) mass is 484 g/mol. The minimum Gasteiger partial charge on any atom is -0.497 e. The smallest absolute Gasteiger partial charge is 0.303 e. The van der Waals surface area contributed by atoms with Crippen LogP contribution in [0.15, 0.2) is 24.4 Å². The Kier molecular flexibility index (Phi) is 8.99. The summed E-state index contributed by atoms with van der Waals surface area (Å²) in [6.45, 7) is 2.58. The second kappa shape index (κ2) is 12.2. The molecule has 1 N–H and O–H groups in total. The summed E-state index contributed by atoms with van der Waals surface area (Å²) in [5.74, 6) is 0.914. The van der Waals surface area contributed by atoms with E-state index in [2.05, 4.69) is 9.88 Å². The number of fused-ring (bicyclic) bond motifs is 1. The van der Waals surface area contributed by atoms with Crippen LogP contribution in [0.4, 0.5) is 4.39 Å². The van der Waals surface area contributed by atoms with E-state index in [-0.39, 0.29) is 11.8 Å². The number of methoxy groups -OCH3 is 1. The largest absolute Gasteiger partial charge is 0.497 e. The fraction of sp³-hybridized carbons (Fsp3) is 0.655. The first kappa shape index (κ1) is 25.9. The van der Waals surface area contributed by atoms with Gasteiger partial charge in [-0.15, -0.1) is 0 Å². The molecule has 2 heterocycles. The number of hydrogen-bond acceptors (Lipinski definition) is 4. The van der Waals surface area contributed by atoms with E-state index in [1.165, 1.54) is 38.5 Å². The van der Waals surface area contributed by atoms with Gasteiger partial charge in [-0.1, -0.05) is 32.1 Å². The molecular weight excluding hydrogens is 443 g/mol. The van der Waals surface area contributed by atoms with Gasteiger partial charge in [0.2, 0.25) is 0 Å². The van der Waals surface area contributed by atoms with Gasteiger partial charge < -0.3 is 14.7 Å². The SMILES string of the molecule is COc1ccc2ncc(CF)c(CCCC3(CC(=O)O)CCN(CCC4CCCCC4)CC3)c2c1. The first-order valence-electron chi connectivity index (χ1n) is 13.5. The van der Waals surface area contributed by atoms with Gasteiger partial charge in [-0.05, 0) is 93.3 Å². The molecule has 4 rings (SSSR count). The van der Waals surface area contributed by atoms with Crippen LogP contribution in [0.2, 0.25) is 0 Å². The number of carbonyl (C=O) groups is 1. The van der Waals surface area contributed by atoms with E-state index in [4.69, 9.17) is 4.74 Å². The Bertz CT molecular complexity index is 976. The second-order valence-corrected chi connectivity index (χ2v) is 10.8. The molecule has 1 saturated carbocycles. The van der Waals surface area contributed by atoms with Gasteiger partial charge in [0.15, 0.2) is 0 Å². The van der Waals surface area contributed by atoms with Gasteiger partial charge in [0.05, 0.1) is 19.0 Å². The Morgan fingerprint density at radius 1 is 1.23 bits per heavy atom. The Labute approximate surface area is 209 Å². The van der Waals surface area contributed by atoms with Crippen LogP contribution in [0, 0.1) is 11.3 Å². The van der Waals surface area contributed by atoms with Crippen molar-refractivity contribution >= 4 is 16.9 Å². The average molecular weight is 485 g/mol. The number of piperidine rings is 1. The molecule has 0 bridgehead atoms. The van der Waals surface area contributed by atoms with Crippen molar-refractivity contribution in [2.45, 2.75) is 83.7 Å². The highest BCUT2D eigenvalue weighted by atomic mass is 19.1. The molecule has 1 saturated heterocycles. The molecule has 0 amide bonds. The van der Waals surface area contributed by atoms with Crippen LogP contribution >= 0.6 is 0 Å². The molecule has 1 aliphatic heterocycles. The summed E-state index contributed by atoms with van der Waals surface area (Å²) in [4.78, 5) is 18.8. The van der Waals surface area contributed by atoms with Crippen LogP contribution < -0.4 is 4.74 Å². The summed E-state index contributed by atoms with van der Waals surface area (Å²) in [6, 6.07) is 5.72. The number of alkyl halides is 1. The molecule has 0 spiro atoms.